The van der Waals surface area contributed by atoms with Crippen molar-refractivity contribution in [3.05, 3.63) is 0 Å². The van der Waals surface area contributed by atoms with E-state index in [1.165, 1.54) is 0 Å². The Morgan fingerprint density at radius 2 is 2.25 bits per heavy atom. The molecule has 0 aromatic rings. The molecule has 2 amide bonds. The number of amides is 2. The second-order valence-electron chi connectivity index (χ2n) is 5.01. The molecule has 2 N–H and O–H groups in total. The molecule has 0 spiro atoms. The van der Waals surface area contributed by atoms with Gasteiger partial charge in [0, 0.05) is 19.0 Å². The van der Waals surface area contributed by atoms with Gasteiger partial charge in [-0.3, -0.25) is 9.59 Å². The summed E-state index contributed by atoms with van der Waals surface area (Å²) < 4.78 is 5.33. The molecule has 0 radical (unpaired) electrons. The maximum atomic E-state index is 11.4. The Bertz CT molecular complexity index is 271. The van der Waals surface area contributed by atoms with E-state index < -0.39 is 0 Å². The van der Waals surface area contributed by atoms with Crippen molar-refractivity contribution < 1.29 is 14.3 Å². The summed E-state index contributed by atoms with van der Waals surface area (Å²) in [6.45, 7) is 6.24. The second-order valence-corrected chi connectivity index (χ2v) is 5.01. The lowest BCUT2D eigenvalue weighted by molar-refractivity contribution is -0.130. The topological polar surface area (TPSA) is 67.4 Å². The first kappa shape index (κ1) is 13.0. The van der Waals surface area contributed by atoms with Gasteiger partial charge in [-0.1, -0.05) is 0 Å². The molecule has 1 aliphatic rings. The van der Waals surface area contributed by atoms with E-state index in [0.29, 0.717) is 13.0 Å². The Labute approximate surface area is 95.9 Å². The summed E-state index contributed by atoms with van der Waals surface area (Å²) >= 11 is 0. The summed E-state index contributed by atoms with van der Waals surface area (Å²) in [4.78, 5) is 22.3. The van der Waals surface area contributed by atoms with Crippen molar-refractivity contribution in [3.8, 4) is 0 Å². The van der Waals surface area contributed by atoms with Crippen LogP contribution in [0.2, 0.25) is 0 Å². The van der Waals surface area contributed by atoms with Gasteiger partial charge in [-0.15, -0.1) is 0 Å². The molecule has 1 unspecified atom stereocenters. The van der Waals surface area contributed by atoms with Gasteiger partial charge >= 0.3 is 0 Å². The predicted octanol–water partition coefficient (Wildman–Crippen LogP) is 0.196. The zero-order chi connectivity index (χ0) is 12.2. The second kappa shape index (κ2) is 5.30. The van der Waals surface area contributed by atoms with Crippen molar-refractivity contribution in [2.45, 2.75) is 45.3 Å². The molecule has 1 atom stereocenters. The van der Waals surface area contributed by atoms with Crippen LogP contribution < -0.4 is 10.6 Å². The maximum absolute atomic E-state index is 11.4. The van der Waals surface area contributed by atoms with Gasteiger partial charge in [-0.25, -0.2) is 0 Å². The van der Waals surface area contributed by atoms with E-state index >= 15 is 0 Å². The molecule has 16 heavy (non-hydrogen) atoms. The van der Waals surface area contributed by atoms with Gasteiger partial charge in [-0.2, -0.15) is 0 Å². The van der Waals surface area contributed by atoms with Crippen LogP contribution in [-0.4, -0.2) is 36.6 Å². The van der Waals surface area contributed by atoms with E-state index in [1.807, 2.05) is 20.8 Å². The highest BCUT2D eigenvalue weighted by Crippen LogP contribution is 2.06. The molecule has 1 aliphatic heterocycles. The fourth-order valence-electron chi connectivity index (χ4n) is 1.40. The first-order chi connectivity index (χ1) is 7.37. The molecule has 0 aromatic heterocycles. The third-order valence-corrected chi connectivity index (χ3v) is 2.27. The number of nitrogens with one attached hydrogen (secondary N) is 2. The Balaban J connectivity index is 2.13. The van der Waals surface area contributed by atoms with Gasteiger partial charge in [0.05, 0.1) is 5.60 Å². The lowest BCUT2D eigenvalue weighted by Gasteiger charge is -2.19. The maximum Gasteiger partial charge on any atom is 0.246 e. The third kappa shape index (κ3) is 5.11. The molecule has 0 saturated carbocycles. The van der Waals surface area contributed by atoms with Crippen molar-refractivity contribution >= 4 is 11.8 Å². The molecule has 1 fully saturated rings. The van der Waals surface area contributed by atoms with Gasteiger partial charge in [0.25, 0.3) is 0 Å². The molecule has 5 heteroatoms. The summed E-state index contributed by atoms with van der Waals surface area (Å²) in [5, 5.41) is 5.53. The number of carbonyl (C=O) groups is 2. The standard InChI is InChI=1S/C11H20N2O3/c1-11(2,3)16-7-10(15)12-6-8-4-5-9(14)13-8/h8H,4-7H2,1-3H3,(H,12,15)(H,13,14). The van der Waals surface area contributed by atoms with Gasteiger partial charge in [-0.05, 0) is 27.2 Å². The number of ether oxygens (including phenoxy) is 1. The monoisotopic (exact) mass is 228 g/mol. The summed E-state index contributed by atoms with van der Waals surface area (Å²) in [6.07, 6.45) is 1.35. The fraction of sp³-hybridized carbons (Fsp3) is 0.818. The van der Waals surface area contributed by atoms with Crippen molar-refractivity contribution in [2.24, 2.45) is 0 Å². The van der Waals surface area contributed by atoms with E-state index in [4.69, 9.17) is 4.74 Å². The number of carbonyl (C=O) groups excluding carboxylic acids is 2. The zero-order valence-corrected chi connectivity index (χ0v) is 10.1. The Hall–Kier alpha value is -1.10. The Morgan fingerprint density at radius 1 is 1.56 bits per heavy atom. The van der Waals surface area contributed by atoms with Gasteiger partial charge in [0.2, 0.25) is 11.8 Å². The molecular weight excluding hydrogens is 208 g/mol. The quantitative estimate of drug-likeness (QED) is 0.722. The molecule has 5 nitrogen and oxygen atoms in total. The number of rotatable bonds is 4. The van der Waals surface area contributed by atoms with E-state index in [1.54, 1.807) is 0 Å². The van der Waals surface area contributed by atoms with Gasteiger partial charge < -0.3 is 15.4 Å². The van der Waals surface area contributed by atoms with Crippen LogP contribution in [0.15, 0.2) is 0 Å². The minimum absolute atomic E-state index is 0.0597. The van der Waals surface area contributed by atoms with E-state index in [9.17, 15) is 9.59 Å². The lowest BCUT2D eigenvalue weighted by Crippen LogP contribution is -2.40. The minimum Gasteiger partial charge on any atom is -0.366 e. The molecule has 1 heterocycles. The average molecular weight is 228 g/mol. The van der Waals surface area contributed by atoms with Gasteiger partial charge in [0.15, 0.2) is 0 Å². The Morgan fingerprint density at radius 3 is 2.75 bits per heavy atom. The molecule has 0 aliphatic carbocycles. The zero-order valence-electron chi connectivity index (χ0n) is 10.1. The number of hydrogen-bond donors (Lipinski definition) is 2. The fourth-order valence-corrected chi connectivity index (χ4v) is 1.40. The van der Waals surface area contributed by atoms with Crippen LogP contribution in [0, 0.1) is 0 Å². The smallest absolute Gasteiger partial charge is 0.246 e. The third-order valence-electron chi connectivity index (χ3n) is 2.27. The molecule has 1 rings (SSSR count). The van der Waals surface area contributed by atoms with Crippen LogP contribution in [0.3, 0.4) is 0 Å². The highest BCUT2D eigenvalue weighted by atomic mass is 16.5. The summed E-state index contributed by atoms with van der Waals surface area (Å²) in [5.74, 6) is -0.0822. The normalized spacial score (nSPS) is 20.7. The summed E-state index contributed by atoms with van der Waals surface area (Å²) in [6, 6.07) is 0.0751. The highest BCUT2D eigenvalue weighted by molar-refractivity contribution is 5.79. The van der Waals surface area contributed by atoms with Crippen LogP contribution >= 0.6 is 0 Å². The van der Waals surface area contributed by atoms with Crippen molar-refractivity contribution in [1.82, 2.24) is 10.6 Å². The molecule has 0 aromatic carbocycles. The van der Waals surface area contributed by atoms with E-state index in [2.05, 4.69) is 10.6 Å². The van der Waals surface area contributed by atoms with E-state index in [0.717, 1.165) is 6.42 Å². The van der Waals surface area contributed by atoms with Crippen LogP contribution in [0.1, 0.15) is 33.6 Å². The molecular formula is C11H20N2O3. The van der Waals surface area contributed by atoms with Crippen molar-refractivity contribution in [2.75, 3.05) is 13.2 Å². The van der Waals surface area contributed by atoms with Crippen LogP contribution in [0.5, 0.6) is 0 Å². The summed E-state index contributed by atoms with van der Waals surface area (Å²) in [5.41, 5.74) is -0.307. The molecule has 1 saturated heterocycles. The minimum atomic E-state index is -0.307. The van der Waals surface area contributed by atoms with Crippen LogP contribution in [0.4, 0.5) is 0 Å². The number of hydrogen-bond acceptors (Lipinski definition) is 3. The lowest BCUT2D eigenvalue weighted by atomic mass is 10.2. The highest BCUT2D eigenvalue weighted by Gasteiger charge is 2.21. The first-order valence-electron chi connectivity index (χ1n) is 5.57. The van der Waals surface area contributed by atoms with Crippen molar-refractivity contribution in [3.63, 3.8) is 0 Å². The Kier molecular flexibility index (Phi) is 4.29. The van der Waals surface area contributed by atoms with Gasteiger partial charge in [0.1, 0.15) is 6.61 Å². The van der Waals surface area contributed by atoms with Crippen LogP contribution in [-0.2, 0) is 14.3 Å². The largest absolute Gasteiger partial charge is 0.366 e. The predicted molar refractivity (Wildman–Crippen MR) is 59.9 cm³/mol. The van der Waals surface area contributed by atoms with Crippen molar-refractivity contribution in [1.29, 1.82) is 0 Å². The average Bonchev–Trinajstić information content (AvgIpc) is 2.57. The van der Waals surface area contributed by atoms with Crippen LogP contribution in [0.25, 0.3) is 0 Å². The SMILES string of the molecule is CC(C)(C)OCC(=O)NCC1CCC(=O)N1. The first-order valence-corrected chi connectivity index (χ1v) is 5.57. The molecule has 0 bridgehead atoms. The molecule has 92 valence electrons. The van der Waals surface area contributed by atoms with E-state index in [-0.39, 0.29) is 30.1 Å². The summed E-state index contributed by atoms with van der Waals surface area (Å²) in [7, 11) is 0.